The third kappa shape index (κ3) is 7.62. The van der Waals surface area contributed by atoms with Gasteiger partial charge in [-0.15, -0.1) is 11.6 Å². The number of alkyl halides is 1. The average Bonchev–Trinajstić information content (AvgIpc) is 2.41. The molecule has 108 valence electrons. The van der Waals surface area contributed by atoms with Crippen molar-refractivity contribution >= 4 is 11.6 Å². The molecule has 0 saturated heterocycles. The molecule has 0 radical (unpaired) electrons. The second kappa shape index (κ2) is 10.3. The number of hydrogen-bond acceptors (Lipinski definition) is 0. The van der Waals surface area contributed by atoms with E-state index < -0.39 is 0 Å². The quantitative estimate of drug-likeness (QED) is 0.356. The van der Waals surface area contributed by atoms with E-state index in [0.717, 1.165) is 12.3 Å². The van der Waals surface area contributed by atoms with Crippen LogP contribution < -0.4 is 0 Å². The van der Waals surface area contributed by atoms with E-state index >= 15 is 0 Å². The summed E-state index contributed by atoms with van der Waals surface area (Å²) in [5.41, 5.74) is 2.79. The molecular formula is C18H29Cl. The van der Waals surface area contributed by atoms with E-state index in [0.29, 0.717) is 5.92 Å². The van der Waals surface area contributed by atoms with E-state index in [1.165, 1.54) is 56.1 Å². The smallest absolute Gasteiger partial charge is 0.0254 e. The summed E-state index contributed by atoms with van der Waals surface area (Å²) >= 11 is 6.12. The van der Waals surface area contributed by atoms with Crippen molar-refractivity contribution in [3.05, 3.63) is 35.4 Å². The van der Waals surface area contributed by atoms with Gasteiger partial charge in [-0.25, -0.2) is 0 Å². The summed E-state index contributed by atoms with van der Waals surface area (Å²) in [6, 6.07) is 8.84. The molecule has 0 spiro atoms. The molecule has 1 aromatic rings. The van der Waals surface area contributed by atoms with Crippen LogP contribution in [-0.2, 0) is 6.42 Å². The highest BCUT2D eigenvalue weighted by molar-refractivity contribution is 6.18. The van der Waals surface area contributed by atoms with Crippen LogP contribution in [0.5, 0.6) is 0 Å². The largest absolute Gasteiger partial charge is 0.126 e. The van der Waals surface area contributed by atoms with Gasteiger partial charge in [-0.05, 0) is 31.2 Å². The molecular weight excluding hydrogens is 252 g/mol. The van der Waals surface area contributed by atoms with Crippen LogP contribution in [0.15, 0.2) is 24.3 Å². The molecule has 0 fully saturated rings. The van der Waals surface area contributed by atoms with Gasteiger partial charge in [0.1, 0.15) is 0 Å². The fourth-order valence-electron chi connectivity index (χ4n) is 2.62. The lowest BCUT2D eigenvalue weighted by molar-refractivity contribution is 0.485. The molecule has 1 atom stereocenters. The van der Waals surface area contributed by atoms with E-state index in [-0.39, 0.29) is 0 Å². The van der Waals surface area contributed by atoms with Crippen molar-refractivity contribution in [3.63, 3.8) is 0 Å². The number of aryl methyl sites for hydroxylation is 1. The summed E-state index contributed by atoms with van der Waals surface area (Å²) in [4.78, 5) is 0. The van der Waals surface area contributed by atoms with Crippen LogP contribution in [0.4, 0.5) is 0 Å². The van der Waals surface area contributed by atoms with E-state index in [1.807, 2.05) is 0 Å². The normalized spacial score (nSPS) is 12.6. The summed E-state index contributed by atoms with van der Waals surface area (Å²) in [7, 11) is 0. The number of rotatable bonds is 10. The van der Waals surface area contributed by atoms with Crippen molar-refractivity contribution in [2.75, 3.05) is 5.88 Å². The predicted molar refractivity (Wildman–Crippen MR) is 87.1 cm³/mol. The van der Waals surface area contributed by atoms with Crippen LogP contribution in [0, 0.1) is 12.8 Å². The summed E-state index contributed by atoms with van der Waals surface area (Å²) in [6.07, 6.45) is 10.7. The summed E-state index contributed by atoms with van der Waals surface area (Å²) < 4.78 is 0. The van der Waals surface area contributed by atoms with Gasteiger partial charge in [0, 0.05) is 5.88 Å². The second-order valence-electron chi connectivity index (χ2n) is 5.77. The van der Waals surface area contributed by atoms with Crippen LogP contribution >= 0.6 is 11.6 Å². The van der Waals surface area contributed by atoms with Crippen LogP contribution in [0.2, 0.25) is 0 Å². The number of unbranched alkanes of at least 4 members (excludes halogenated alkanes) is 5. The Labute approximate surface area is 124 Å². The first-order valence-corrected chi connectivity index (χ1v) is 8.41. The molecule has 0 saturated carbocycles. The molecule has 0 aliphatic rings. The minimum Gasteiger partial charge on any atom is -0.126 e. The van der Waals surface area contributed by atoms with E-state index in [1.54, 1.807) is 0 Å². The lowest BCUT2D eigenvalue weighted by Gasteiger charge is -2.14. The summed E-state index contributed by atoms with van der Waals surface area (Å²) in [6.45, 7) is 4.43. The highest BCUT2D eigenvalue weighted by Crippen LogP contribution is 2.19. The lowest BCUT2D eigenvalue weighted by Crippen LogP contribution is -2.06. The van der Waals surface area contributed by atoms with E-state index in [9.17, 15) is 0 Å². The first kappa shape index (κ1) is 16.6. The van der Waals surface area contributed by atoms with E-state index in [4.69, 9.17) is 11.6 Å². The third-order valence-corrected chi connectivity index (χ3v) is 4.23. The van der Waals surface area contributed by atoms with Crippen molar-refractivity contribution < 1.29 is 0 Å². The Morgan fingerprint density at radius 1 is 1.05 bits per heavy atom. The van der Waals surface area contributed by atoms with Crippen molar-refractivity contribution in [3.8, 4) is 0 Å². The van der Waals surface area contributed by atoms with Gasteiger partial charge < -0.3 is 0 Å². The molecule has 1 heteroatoms. The molecule has 1 unspecified atom stereocenters. The van der Waals surface area contributed by atoms with Gasteiger partial charge in [0.25, 0.3) is 0 Å². The summed E-state index contributed by atoms with van der Waals surface area (Å²) in [5, 5.41) is 0. The molecule has 19 heavy (non-hydrogen) atoms. The highest BCUT2D eigenvalue weighted by Gasteiger charge is 2.08. The van der Waals surface area contributed by atoms with E-state index in [2.05, 4.69) is 38.1 Å². The summed E-state index contributed by atoms with van der Waals surface area (Å²) in [5.74, 6) is 1.44. The number of hydrogen-bond donors (Lipinski definition) is 0. The fraction of sp³-hybridized carbons (Fsp3) is 0.667. The zero-order valence-corrected chi connectivity index (χ0v) is 13.4. The number of benzene rings is 1. The molecule has 0 amide bonds. The Hall–Kier alpha value is -0.490. The molecule has 0 heterocycles. The van der Waals surface area contributed by atoms with Gasteiger partial charge in [-0.2, -0.15) is 0 Å². The highest BCUT2D eigenvalue weighted by atomic mass is 35.5. The van der Waals surface area contributed by atoms with Crippen molar-refractivity contribution in [2.24, 2.45) is 5.92 Å². The van der Waals surface area contributed by atoms with Gasteiger partial charge in [0.15, 0.2) is 0 Å². The van der Waals surface area contributed by atoms with Crippen molar-refractivity contribution in [2.45, 2.75) is 65.2 Å². The molecule has 1 rings (SSSR count). The van der Waals surface area contributed by atoms with Crippen molar-refractivity contribution in [1.82, 2.24) is 0 Å². The minimum atomic E-state index is 0.648. The Kier molecular flexibility index (Phi) is 8.99. The molecule has 0 aliphatic heterocycles. The van der Waals surface area contributed by atoms with Crippen LogP contribution in [0.1, 0.15) is 63.0 Å². The first-order valence-electron chi connectivity index (χ1n) is 7.87. The average molecular weight is 281 g/mol. The number of halogens is 1. The third-order valence-electron chi connectivity index (χ3n) is 3.79. The van der Waals surface area contributed by atoms with Gasteiger partial charge >= 0.3 is 0 Å². The molecule has 0 N–H and O–H groups in total. The maximum atomic E-state index is 6.12. The minimum absolute atomic E-state index is 0.648. The maximum absolute atomic E-state index is 6.12. The predicted octanol–water partition coefficient (Wildman–Crippen LogP) is 6.14. The molecule has 0 aliphatic carbocycles. The van der Waals surface area contributed by atoms with Gasteiger partial charge in [0.2, 0.25) is 0 Å². The molecule has 0 bridgehead atoms. The molecule has 0 nitrogen and oxygen atoms in total. The van der Waals surface area contributed by atoms with Crippen LogP contribution in [0.25, 0.3) is 0 Å². The van der Waals surface area contributed by atoms with Gasteiger partial charge in [-0.1, -0.05) is 75.3 Å². The second-order valence-corrected chi connectivity index (χ2v) is 6.08. The first-order chi connectivity index (χ1) is 9.26. The van der Waals surface area contributed by atoms with Gasteiger partial charge in [-0.3, -0.25) is 0 Å². The Morgan fingerprint density at radius 3 is 2.47 bits per heavy atom. The lowest BCUT2D eigenvalue weighted by atomic mass is 9.94. The molecule has 1 aromatic carbocycles. The fourth-order valence-corrected chi connectivity index (χ4v) is 2.88. The molecule has 0 aromatic heterocycles. The topological polar surface area (TPSA) is 0 Å². The standard InChI is InChI=1S/C18H29Cl/c1-3-4-5-6-7-8-11-18(15-19)14-17-12-9-10-16(2)13-17/h9-10,12-13,18H,3-8,11,14-15H2,1-2H3. The zero-order chi connectivity index (χ0) is 13.9. The van der Waals surface area contributed by atoms with Crippen LogP contribution in [-0.4, -0.2) is 5.88 Å². The van der Waals surface area contributed by atoms with Gasteiger partial charge in [0.05, 0.1) is 0 Å². The maximum Gasteiger partial charge on any atom is 0.0254 e. The Bertz CT molecular complexity index is 332. The Morgan fingerprint density at radius 2 is 1.79 bits per heavy atom. The van der Waals surface area contributed by atoms with Crippen LogP contribution in [0.3, 0.4) is 0 Å². The monoisotopic (exact) mass is 280 g/mol. The SMILES string of the molecule is CCCCCCCCC(CCl)Cc1cccc(C)c1. The van der Waals surface area contributed by atoms with Crippen molar-refractivity contribution in [1.29, 1.82) is 0 Å². The zero-order valence-electron chi connectivity index (χ0n) is 12.6. The Balaban J connectivity index is 2.22.